The van der Waals surface area contributed by atoms with Gasteiger partial charge in [-0.05, 0) is 50.1 Å². The molecule has 2 heteroatoms. The van der Waals surface area contributed by atoms with Crippen molar-refractivity contribution in [2.24, 2.45) is 17.8 Å². The van der Waals surface area contributed by atoms with E-state index in [1.807, 2.05) is 0 Å². The topological polar surface area (TPSA) is 15.3 Å². The highest BCUT2D eigenvalue weighted by atomic mass is 15.2. The zero-order chi connectivity index (χ0) is 10.4. The van der Waals surface area contributed by atoms with Gasteiger partial charge in [-0.2, -0.15) is 0 Å². The van der Waals surface area contributed by atoms with Crippen LogP contribution < -0.4 is 5.32 Å². The average molecular weight is 208 g/mol. The lowest BCUT2D eigenvalue weighted by Crippen LogP contribution is -2.55. The summed E-state index contributed by atoms with van der Waals surface area (Å²) in [7, 11) is 0. The molecule has 0 amide bonds. The van der Waals surface area contributed by atoms with Crippen LogP contribution in [0.2, 0.25) is 0 Å². The minimum Gasteiger partial charge on any atom is -0.316 e. The Bertz CT molecular complexity index is 231. The molecule has 2 heterocycles. The highest BCUT2D eigenvalue weighted by Gasteiger charge is 2.44. The molecule has 0 spiro atoms. The second-order valence-corrected chi connectivity index (χ2v) is 6.13. The van der Waals surface area contributed by atoms with Crippen LogP contribution >= 0.6 is 0 Å². The van der Waals surface area contributed by atoms with Crippen molar-refractivity contribution in [2.45, 2.75) is 45.2 Å². The lowest BCUT2D eigenvalue weighted by Gasteiger charge is -2.44. The monoisotopic (exact) mass is 208 g/mol. The summed E-state index contributed by atoms with van der Waals surface area (Å²) in [6.45, 7) is 8.72. The molecule has 0 aromatic heterocycles. The van der Waals surface area contributed by atoms with Gasteiger partial charge in [0.15, 0.2) is 0 Å². The SMILES string of the molecule is CC1CNCC(C)C1N1CC2CCC1C2. The van der Waals surface area contributed by atoms with E-state index in [2.05, 4.69) is 24.1 Å². The fourth-order valence-electron chi connectivity index (χ4n) is 4.32. The van der Waals surface area contributed by atoms with Crippen molar-refractivity contribution in [2.75, 3.05) is 19.6 Å². The Kier molecular flexibility index (Phi) is 2.52. The third-order valence-electron chi connectivity index (χ3n) is 4.93. The van der Waals surface area contributed by atoms with E-state index in [1.165, 1.54) is 38.9 Å². The smallest absolute Gasteiger partial charge is 0.0174 e. The molecule has 4 unspecified atom stereocenters. The Hall–Kier alpha value is -0.0800. The average Bonchev–Trinajstić information content (AvgIpc) is 2.79. The van der Waals surface area contributed by atoms with Gasteiger partial charge in [0.2, 0.25) is 0 Å². The summed E-state index contributed by atoms with van der Waals surface area (Å²) in [5.41, 5.74) is 0. The highest BCUT2D eigenvalue weighted by Crippen LogP contribution is 2.41. The van der Waals surface area contributed by atoms with Gasteiger partial charge >= 0.3 is 0 Å². The first-order valence-corrected chi connectivity index (χ1v) is 6.72. The molecule has 2 saturated heterocycles. The number of fused-ring (bicyclic) bond motifs is 2. The molecule has 0 aromatic rings. The van der Waals surface area contributed by atoms with Crippen molar-refractivity contribution < 1.29 is 0 Å². The summed E-state index contributed by atoms with van der Waals surface area (Å²) in [6.07, 6.45) is 4.49. The molecule has 1 aliphatic carbocycles. The normalized spacial score (nSPS) is 51.2. The van der Waals surface area contributed by atoms with E-state index in [4.69, 9.17) is 0 Å². The molecule has 4 atom stereocenters. The fourth-order valence-corrected chi connectivity index (χ4v) is 4.32. The molecule has 3 fully saturated rings. The van der Waals surface area contributed by atoms with Gasteiger partial charge in [0, 0.05) is 18.6 Å². The van der Waals surface area contributed by atoms with Crippen molar-refractivity contribution in [3.8, 4) is 0 Å². The lowest BCUT2D eigenvalue weighted by atomic mass is 9.84. The Morgan fingerprint density at radius 2 is 1.80 bits per heavy atom. The third-order valence-corrected chi connectivity index (χ3v) is 4.93. The maximum Gasteiger partial charge on any atom is 0.0174 e. The van der Waals surface area contributed by atoms with E-state index in [0.29, 0.717) is 0 Å². The van der Waals surface area contributed by atoms with E-state index >= 15 is 0 Å². The number of rotatable bonds is 1. The lowest BCUT2D eigenvalue weighted by molar-refractivity contribution is 0.0532. The Morgan fingerprint density at radius 3 is 2.33 bits per heavy atom. The summed E-state index contributed by atoms with van der Waals surface area (Å²) in [4.78, 5) is 2.87. The van der Waals surface area contributed by atoms with Crippen LogP contribution in [0.3, 0.4) is 0 Å². The molecular formula is C13H24N2. The molecule has 3 aliphatic rings. The van der Waals surface area contributed by atoms with Crippen molar-refractivity contribution in [1.82, 2.24) is 10.2 Å². The summed E-state index contributed by atoms with van der Waals surface area (Å²) in [5, 5.41) is 3.56. The maximum absolute atomic E-state index is 3.56. The summed E-state index contributed by atoms with van der Waals surface area (Å²) >= 11 is 0. The van der Waals surface area contributed by atoms with Gasteiger partial charge in [0.25, 0.3) is 0 Å². The van der Waals surface area contributed by atoms with Gasteiger partial charge in [-0.1, -0.05) is 13.8 Å². The van der Waals surface area contributed by atoms with Crippen LogP contribution in [-0.2, 0) is 0 Å². The number of nitrogens with one attached hydrogen (secondary N) is 1. The fraction of sp³-hybridized carbons (Fsp3) is 1.00. The second kappa shape index (κ2) is 3.74. The number of piperidine rings is 2. The van der Waals surface area contributed by atoms with Crippen LogP contribution in [0.25, 0.3) is 0 Å². The number of likely N-dealkylation sites (tertiary alicyclic amines) is 1. The largest absolute Gasteiger partial charge is 0.316 e. The number of nitrogens with zero attached hydrogens (tertiary/aromatic N) is 1. The first-order chi connectivity index (χ1) is 7.25. The van der Waals surface area contributed by atoms with Gasteiger partial charge in [-0.3, -0.25) is 4.90 Å². The van der Waals surface area contributed by atoms with Crippen LogP contribution in [0.1, 0.15) is 33.1 Å². The summed E-state index contributed by atoms with van der Waals surface area (Å²) < 4.78 is 0. The molecule has 0 aromatic carbocycles. The van der Waals surface area contributed by atoms with Crippen LogP contribution in [0.15, 0.2) is 0 Å². The first kappa shape index (κ1) is 10.1. The standard InChI is InChI=1S/C13H24N2/c1-9-6-14-7-10(2)13(9)15-8-11-3-4-12(15)5-11/h9-14H,3-8H2,1-2H3. The van der Waals surface area contributed by atoms with Crippen LogP contribution in [0, 0.1) is 17.8 Å². The Labute approximate surface area is 93.4 Å². The predicted octanol–water partition coefficient (Wildman–Crippen LogP) is 1.71. The summed E-state index contributed by atoms with van der Waals surface area (Å²) in [5.74, 6) is 2.73. The number of hydrogen-bond donors (Lipinski definition) is 1. The predicted molar refractivity (Wildman–Crippen MR) is 62.8 cm³/mol. The van der Waals surface area contributed by atoms with Gasteiger partial charge in [0.1, 0.15) is 0 Å². The van der Waals surface area contributed by atoms with Gasteiger partial charge < -0.3 is 5.32 Å². The van der Waals surface area contributed by atoms with Crippen molar-refractivity contribution >= 4 is 0 Å². The quantitative estimate of drug-likeness (QED) is 0.706. The first-order valence-electron chi connectivity index (χ1n) is 6.72. The van der Waals surface area contributed by atoms with Crippen molar-refractivity contribution in [1.29, 1.82) is 0 Å². The molecule has 2 aliphatic heterocycles. The highest BCUT2D eigenvalue weighted by molar-refractivity contribution is 4.99. The third kappa shape index (κ3) is 1.62. The van der Waals surface area contributed by atoms with E-state index in [1.54, 1.807) is 0 Å². The van der Waals surface area contributed by atoms with Gasteiger partial charge in [-0.25, -0.2) is 0 Å². The van der Waals surface area contributed by atoms with Crippen LogP contribution in [-0.4, -0.2) is 36.6 Å². The molecule has 0 radical (unpaired) electrons. The number of hydrogen-bond acceptors (Lipinski definition) is 2. The zero-order valence-electron chi connectivity index (χ0n) is 10.1. The van der Waals surface area contributed by atoms with Crippen LogP contribution in [0.4, 0.5) is 0 Å². The molecule has 1 saturated carbocycles. The Morgan fingerprint density at radius 1 is 1.07 bits per heavy atom. The molecule has 2 nitrogen and oxygen atoms in total. The molecule has 86 valence electrons. The van der Waals surface area contributed by atoms with E-state index in [9.17, 15) is 0 Å². The van der Waals surface area contributed by atoms with E-state index in [-0.39, 0.29) is 0 Å². The van der Waals surface area contributed by atoms with Crippen molar-refractivity contribution in [3.63, 3.8) is 0 Å². The second-order valence-electron chi connectivity index (χ2n) is 6.13. The van der Waals surface area contributed by atoms with E-state index < -0.39 is 0 Å². The molecule has 2 bridgehead atoms. The minimum absolute atomic E-state index is 0.841. The van der Waals surface area contributed by atoms with E-state index in [0.717, 1.165) is 29.8 Å². The zero-order valence-corrected chi connectivity index (χ0v) is 10.1. The minimum atomic E-state index is 0.841. The van der Waals surface area contributed by atoms with Gasteiger partial charge in [-0.15, -0.1) is 0 Å². The molecular weight excluding hydrogens is 184 g/mol. The van der Waals surface area contributed by atoms with Gasteiger partial charge in [0.05, 0.1) is 0 Å². The molecule has 1 N–H and O–H groups in total. The Balaban J connectivity index is 1.74. The van der Waals surface area contributed by atoms with Crippen molar-refractivity contribution in [3.05, 3.63) is 0 Å². The summed E-state index contributed by atoms with van der Waals surface area (Å²) in [6, 6.07) is 1.81. The van der Waals surface area contributed by atoms with Crippen LogP contribution in [0.5, 0.6) is 0 Å². The molecule has 15 heavy (non-hydrogen) atoms. The maximum atomic E-state index is 3.56. The molecule has 3 rings (SSSR count).